The van der Waals surface area contributed by atoms with Crippen LogP contribution >= 0.6 is 0 Å². The largest absolute Gasteiger partial charge is 0.452 e. The molecule has 0 aromatic heterocycles. The molecular formula is C18H23N3O6. The Bertz CT molecular complexity index is 696. The Labute approximate surface area is 157 Å². The summed E-state index contributed by atoms with van der Waals surface area (Å²) in [5.74, 6) is -1.15. The molecule has 2 rings (SSSR count). The van der Waals surface area contributed by atoms with Crippen molar-refractivity contribution >= 4 is 29.6 Å². The van der Waals surface area contributed by atoms with Crippen molar-refractivity contribution in [3.63, 3.8) is 0 Å². The fourth-order valence-corrected chi connectivity index (χ4v) is 2.55. The Morgan fingerprint density at radius 1 is 0.963 bits per heavy atom. The summed E-state index contributed by atoms with van der Waals surface area (Å²) < 4.78 is 9.98. The second kappa shape index (κ2) is 9.56. The Hall–Kier alpha value is -3.10. The first-order chi connectivity index (χ1) is 12.9. The number of benzene rings is 1. The summed E-state index contributed by atoms with van der Waals surface area (Å²) >= 11 is 0. The summed E-state index contributed by atoms with van der Waals surface area (Å²) in [6.07, 6.45) is -0.390. The van der Waals surface area contributed by atoms with Gasteiger partial charge >= 0.3 is 12.1 Å². The van der Waals surface area contributed by atoms with E-state index in [-0.39, 0.29) is 24.0 Å². The van der Waals surface area contributed by atoms with Crippen LogP contribution in [0.5, 0.6) is 0 Å². The minimum Gasteiger partial charge on any atom is -0.452 e. The monoisotopic (exact) mass is 377 g/mol. The standard InChI is InChI=1S/C18H23N3O6/c1-3-26-18(25)21-10-8-20(9-11-21)16(23)12-27-17(24)14-4-6-15(7-5-14)19-13(2)22/h4-7H,3,8-12H2,1-2H3,(H,19,22). The predicted molar refractivity (Wildman–Crippen MR) is 96.2 cm³/mol. The predicted octanol–water partition coefficient (Wildman–Crippen LogP) is 1.10. The number of rotatable bonds is 5. The molecule has 3 amide bonds. The van der Waals surface area contributed by atoms with Crippen LogP contribution in [-0.4, -0.2) is 73.1 Å². The summed E-state index contributed by atoms with van der Waals surface area (Å²) in [5.41, 5.74) is 0.846. The zero-order valence-electron chi connectivity index (χ0n) is 15.4. The first-order valence-electron chi connectivity index (χ1n) is 8.65. The van der Waals surface area contributed by atoms with E-state index in [1.165, 1.54) is 24.0 Å². The lowest BCUT2D eigenvalue weighted by Gasteiger charge is -2.33. The summed E-state index contributed by atoms with van der Waals surface area (Å²) in [7, 11) is 0. The van der Waals surface area contributed by atoms with Crippen LogP contribution in [0.4, 0.5) is 10.5 Å². The first kappa shape index (κ1) is 20.2. The topological polar surface area (TPSA) is 105 Å². The fraction of sp³-hybridized carbons (Fsp3) is 0.444. The zero-order valence-corrected chi connectivity index (χ0v) is 15.4. The van der Waals surface area contributed by atoms with Crippen LogP contribution in [0.2, 0.25) is 0 Å². The minimum atomic E-state index is -0.622. The van der Waals surface area contributed by atoms with E-state index in [0.717, 1.165) is 0 Å². The molecule has 0 aliphatic carbocycles. The SMILES string of the molecule is CCOC(=O)N1CCN(C(=O)COC(=O)c2ccc(NC(C)=O)cc2)CC1. The van der Waals surface area contributed by atoms with E-state index in [0.29, 0.717) is 38.5 Å². The number of amides is 3. The summed E-state index contributed by atoms with van der Waals surface area (Å²) in [6.45, 7) is 4.54. The van der Waals surface area contributed by atoms with Crippen LogP contribution < -0.4 is 5.32 Å². The van der Waals surface area contributed by atoms with Gasteiger partial charge < -0.3 is 24.6 Å². The average Bonchev–Trinajstić information content (AvgIpc) is 2.66. The lowest BCUT2D eigenvalue weighted by atomic mass is 10.2. The third-order valence-corrected chi connectivity index (χ3v) is 3.93. The number of anilines is 1. The fourth-order valence-electron chi connectivity index (χ4n) is 2.55. The Kier molecular flexibility index (Phi) is 7.16. The molecule has 1 N–H and O–H groups in total. The van der Waals surface area contributed by atoms with E-state index in [2.05, 4.69) is 5.32 Å². The quantitative estimate of drug-likeness (QED) is 0.771. The van der Waals surface area contributed by atoms with Crippen molar-refractivity contribution in [2.75, 3.05) is 44.7 Å². The van der Waals surface area contributed by atoms with Gasteiger partial charge in [0.05, 0.1) is 12.2 Å². The highest BCUT2D eigenvalue weighted by Gasteiger charge is 2.25. The third kappa shape index (κ3) is 5.98. The van der Waals surface area contributed by atoms with Gasteiger partial charge in [0, 0.05) is 38.8 Å². The van der Waals surface area contributed by atoms with Crippen molar-refractivity contribution in [1.82, 2.24) is 9.80 Å². The molecule has 1 aliphatic rings. The van der Waals surface area contributed by atoms with Gasteiger partial charge in [0.1, 0.15) is 0 Å². The summed E-state index contributed by atoms with van der Waals surface area (Å²) in [6, 6.07) is 6.18. The molecule has 0 bridgehead atoms. The number of esters is 1. The Morgan fingerprint density at radius 3 is 2.11 bits per heavy atom. The second-order valence-electron chi connectivity index (χ2n) is 5.90. The van der Waals surface area contributed by atoms with Crippen LogP contribution in [0.3, 0.4) is 0 Å². The molecule has 0 unspecified atom stereocenters. The smallest absolute Gasteiger partial charge is 0.409 e. The summed E-state index contributed by atoms with van der Waals surface area (Å²) in [5, 5.41) is 2.59. The lowest BCUT2D eigenvalue weighted by Crippen LogP contribution is -2.51. The highest BCUT2D eigenvalue weighted by atomic mass is 16.6. The van der Waals surface area contributed by atoms with Crippen LogP contribution in [0.15, 0.2) is 24.3 Å². The third-order valence-electron chi connectivity index (χ3n) is 3.93. The van der Waals surface area contributed by atoms with E-state index in [4.69, 9.17) is 9.47 Å². The van der Waals surface area contributed by atoms with E-state index in [9.17, 15) is 19.2 Å². The average molecular weight is 377 g/mol. The van der Waals surface area contributed by atoms with E-state index < -0.39 is 12.1 Å². The van der Waals surface area contributed by atoms with Gasteiger partial charge in [-0.3, -0.25) is 9.59 Å². The number of carbonyl (C=O) groups is 4. The molecule has 27 heavy (non-hydrogen) atoms. The van der Waals surface area contributed by atoms with Gasteiger partial charge in [0.25, 0.3) is 5.91 Å². The molecular weight excluding hydrogens is 354 g/mol. The maximum Gasteiger partial charge on any atom is 0.409 e. The van der Waals surface area contributed by atoms with Crippen molar-refractivity contribution in [2.45, 2.75) is 13.8 Å². The molecule has 0 saturated carbocycles. The van der Waals surface area contributed by atoms with Crippen molar-refractivity contribution in [1.29, 1.82) is 0 Å². The molecule has 1 aromatic rings. The molecule has 9 nitrogen and oxygen atoms in total. The molecule has 1 aliphatic heterocycles. The van der Waals surface area contributed by atoms with Gasteiger partial charge in [-0.15, -0.1) is 0 Å². The molecule has 0 atom stereocenters. The van der Waals surface area contributed by atoms with Crippen LogP contribution in [0.25, 0.3) is 0 Å². The Balaban J connectivity index is 1.77. The van der Waals surface area contributed by atoms with Crippen molar-refractivity contribution in [2.24, 2.45) is 0 Å². The zero-order chi connectivity index (χ0) is 19.8. The number of nitrogens with zero attached hydrogens (tertiary/aromatic N) is 2. The number of carbonyl (C=O) groups excluding carboxylic acids is 4. The molecule has 1 aromatic carbocycles. The van der Waals surface area contributed by atoms with Gasteiger partial charge in [-0.2, -0.15) is 0 Å². The molecule has 9 heteroatoms. The van der Waals surface area contributed by atoms with E-state index in [1.54, 1.807) is 24.0 Å². The van der Waals surface area contributed by atoms with E-state index in [1.807, 2.05) is 0 Å². The summed E-state index contributed by atoms with van der Waals surface area (Å²) in [4.78, 5) is 49.9. The minimum absolute atomic E-state index is 0.209. The van der Waals surface area contributed by atoms with Crippen molar-refractivity contribution in [3.05, 3.63) is 29.8 Å². The maximum absolute atomic E-state index is 12.2. The van der Waals surface area contributed by atoms with Crippen LogP contribution in [-0.2, 0) is 19.1 Å². The van der Waals surface area contributed by atoms with E-state index >= 15 is 0 Å². The van der Waals surface area contributed by atoms with Crippen molar-refractivity contribution < 1.29 is 28.7 Å². The molecule has 1 saturated heterocycles. The first-order valence-corrected chi connectivity index (χ1v) is 8.65. The highest BCUT2D eigenvalue weighted by Crippen LogP contribution is 2.11. The maximum atomic E-state index is 12.2. The normalized spacial score (nSPS) is 13.7. The number of hydrogen-bond acceptors (Lipinski definition) is 6. The van der Waals surface area contributed by atoms with Crippen LogP contribution in [0.1, 0.15) is 24.2 Å². The number of nitrogens with one attached hydrogen (secondary N) is 1. The van der Waals surface area contributed by atoms with Crippen molar-refractivity contribution in [3.8, 4) is 0 Å². The highest BCUT2D eigenvalue weighted by molar-refractivity contribution is 5.93. The van der Waals surface area contributed by atoms with Gasteiger partial charge in [0.15, 0.2) is 6.61 Å². The molecule has 0 spiro atoms. The Morgan fingerprint density at radius 2 is 1.56 bits per heavy atom. The molecule has 1 heterocycles. The van der Waals surface area contributed by atoms with Gasteiger partial charge in [-0.05, 0) is 31.2 Å². The lowest BCUT2D eigenvalue weighted by molar-refractivity contribution is -0.136. The second-order valence-corrected chi connectivity index (χ2v) is 5.90. The van der Waals surface area contributed by atoms with Gasteiger partial charge in [-0.1, -0.05) is 0 Å². The van der Waals surface area contributed by atoms with Gasteiger partial charge in [0.2, 0.25) is 5.91 Å². The molecule has 0 radical (unpaired) electrons. The number of ether oxygens (including phenoxy) is 2. The van der Waals surface area contributed by atoms with Gasteiger partial charge in [-0.25, -0.2) is 9.59 Å². The molecule has 1 fully saturated rings. The number of piperazine rings is 1. The number of hydrogen-bond donors (Lipinski definition) is 1. The van der Waals surface area contributed by atoms with Crippen LogP contribution in [0, 0.1) is 0 Å². The molecule has 146 valence electrons.